The molecule has 0 aliphatic heterocycles. The van der Waals surface area contributed by atoms with Gasteiger partial charge in [0.1, 0.15) is 11.6 Å². The number of nitrogens with two attached hydrogens (primary N) is 1. The lowest BCUT2D eigenvalue weighted by molar-refractivity contribution is -0.121. The Morgan fingerprint density at radius 1 is 1.38 bits per heavy atom. The van der Waals surface area contributed by atoms with Gasteiger partial charge in [0, 0.05) is 25.4 Å². The van der Waals surface area contributed by atoms with E-state index in [9.17, 15) is 4.79 Å². The summed E-state index contributed by atoms with van der Waals surface area (Å²) in [5.74, 6) is 1.53. The summed E-state index contributed by atoms with van der Waals surface area (Å²) in [5, 5.41) is 2.85. The average Bonchev–Trinajstić information content (AvgIpc) is 2.99. The highest BCUT2D eigenvalue weighted by Gasteiger charge is 2.03. The first-order chi connectivity index (χ1) is 10.3. The molecule has 2 aromatic rings. The molecule has 1 aromatic heterocycles. The number of ether oxygens (including phenoxy) is 1. The predicted molar refractivity (Wildman–Crippen MR) is 80.9 cm³/mol. The molecule has 1 heterocycles. The lowest BCUT2D eigenvalue weighted by atomic mass is 10.3. The van der Waals surface area contributed by atoms with Crippen LogP contribution >= 0.6 is 0 Å². The number of amides is 1. The number of benzene rings is 1. The minimum atomic E-state index is -0.0241. The molecule has 6 nitrogen and oxygen atoms in total. The number of carbonyl (C=O) groups excluding carboxylic acids is 1. The maximum Gasteiger partial charge on any atom is 0.223 e. The zero-order valence-electron chi connectivity index (χ0n) is 11.8. The third-order valence-electron chi connectivity index (χ3n) is 2.97. The largest absolute Gasteiger partial charge is 0.491 e. The van der Waals surface area contributed by atoms with Crippen molar-refractivity contribution in [3.8, 4) is 5.75 Å². The average molecular weight is 288 g/mol. The molecule has 21 heavy (non-hydrogen) atoms. The molecule has 0 bridgehead atoms. The summed E-state index contributed by atoms with van der Waals surface area (Å²) in [7, 11) is 0. The number of hydrogen-bond acceptors (Lipinski definition) is 4. The Morgan fingerprint density at radius 3 is 3.00 bits per heavy atom. The van der Waals surface area contributed by atoms with Gasteiger partial charge in [-0.05, 0) is 18.6 Å². The smallest absolute Gasteiger partial charge is 0.223 e. The summed E-state index contributed by atoms with van der Waals surface area (Å²) in [6.45, 7) is 0.950. The number of nitrogen functional groups attached to an aromatic ring is 1. The molecule has 4 N–H and O–H groups in total. The summed E-state index contributed by atoms with van der Waals surface area (Å²) in [5.41, 5.74) is 6.33. The highest BCUT2D eigenvalue weighted by atomic mass is 16.5. The number of aromatic amines is 1. The molecule has 0 atom stereocenters. The molecule has 6 heteroatoms. The van der Waals surface area contributed by atoms with Crippen molar-refractivity contribution < 1.29 is 9.53 Å². The number of aromatic nitrogens is 2. The van der Waals surface area contributed by atoms with E-state index in [0.29, 0.717) is 31.0 Å². The highest BCUT2D eigenvalue weighted by Crippen LogP contribution is 2.19. The number of hydrogen-bond donors (Lipinski definition) is 3. The monoisotopic (exact) mass is 288 g/mol. The van der Waals surface area contributed by atoms with Crippen molar-refractivity contribution >= 4 is 11.6 Å². The number of anilines is 1. The number of imidazole rings is 1. The molecular formula is C15H20N4O2. The number of nitrogens with zero attached hydrogens (tertiary/aromatic N) is 1. The van der Waals surface area contributed by atoms with Crippen LogP contribution < -0.4 is 15.8 Å². The molecule has 2 rings (SSSR count). The Morgan fingerprint density at radius 2 is 2.24 bits per heavy atom. The van der Waals surface area contributed by atoms with Crippen molar-refractivity contribution in [1.29, 1.82) is 0 Å². The van der Waals surface area contributed by atoms with Gasteiger partial charge in [0.2, 0.25) is 5.91 Å². The SMILES string of the molecule is Nc1ccccc1OCCC(=O)NCCCc1ncc[nH]1. The summed E-state index contributed by atoms with van der Waals surface area (Å²) >= 11 is 0. The molecule has 0 radical (unpaired) electrons. The van der Waals surface area contributed by atoms with Crippen LogP contribution in [0.3, 0.4) is 0 Å². The molecule has 0 saturated carbocycles. The van der Waals surface area contributed by atoms with Crippen LogP contribution in [0.1, 0.15) is 18.7 Å². The van der Waals surface area contributed by atoms with Gasteiger partial charge in [-0.25, -0.2) is 4.98 Å². The summed E-state index contributed by atoms with van der Waals surface area (Å²) < 4.78 is 5.47. The van der Waals surface area contributed by atoms with E-state index >= 15 is 0 Å². The van der Waals surface area contributed by atoms with E-state index in [4.69, 9.17) is 10.5 Å². The third kappa shape index (κ3) is 5.18. The lowest BCUT2D eigenvalue weighted by Crippen LogP contribution is -2.26. The molecule has 0 aliphatic rings. The second-order valence-electron chi connectivity index (χ2n) is 4.63. The standard InChI is InChI=1S/C15H20N4O2/c16-12-4-1-2-5-13(12)21-11-7-15(20)19-8-3-6-14-17-9-10-18-14/h1-2,4-5,9-10H,3,6-8,11,16H2,(H,17,18)(H,19,20). The van der Waals surface area contributed by atoms with E-state index < -0.39 is 0 Å². The van der Waals surface area contributed by atoms with Crippen LogP contribution in [0, 0.1) is 0 Å². The van der Waals surface area contributed by atoms with E-state index in [1.807, 2.05) is 12.1 Å². The maximum atomic E-state index is 11.6. The van der Waals surface area contributed by atoms with Crippen molar-refractivity contribution in [2.45, 2.75) is 19.3 Å². The molecule has 0 aliphatic carbocycles. The molecule has 0 saturated heterocycles. The quantitative estimate of drug-likeness (QED) is 0.507. The van der Waals surface area contributed by atoms with Crippen LogP contribution in [-0.4, -0.2) is 29.0 Å². The van der Waals surface area contributed by atoms with E-state index in [1.165, 1.54) is 0 Å². The molecule has 1 amide bonds. The number of aryl methyl sites for hydroxylation is 1. The van der Waals surface area contributed by atoms with E-state index in [2.05, 4.69) is 15.3 Å². The van der Waals surface area contributed by atoms with Gasteiger partial charge < -0.3 is 20.8 Å². The fourth-order valence-corrected chi connectivity index (χ4v) is 1.87. The second-order valence-corrected chi connectivity index (χ2v) is 4.63. The number of nitrogens with one attached hydrogen (secondary N) is 2. The highest BCUT2D eigenvalue weighted by molar-refractivity contribution is 5.75. The van der Waals surface area contributed by atoms with Crippen LogP contribution in [0.5, 0.6) is 5.75 Å². The van der Waals surface area contributed by atoms with E-state index in [-0.39, 0.29) is 5.91 Å². The van der Waals surface area contributed by atoms with E-state index in [1.54, 1.807) is 24.5 Å². The third-order valence-corrected chi connectivity index (χ3v) is 2.97. The topological polar surface area (TPSA) is 93.0 Å². The van der Waals surface area contributed by atoms with Gasteiger partial charge in [0.05, 0.1) is 18.7 Å². The van der Waals surface area contributed by atoms with Gasteiger partial charge in [0.15, 0.2) is 0 Å². The number of para-hydroxylation sites is 2. The maximum absolute atomic E-state index is 11.6. The minimum absolute atomic E-state index is 0.0241. The molecule has 112 valence electrons. The first kappa shape index (κ1) is 14.9. The molecule has 1 aromatic carbocycles. The van der Waals surface area contributed by atoms with E-state index in [0.717, 1.165) is 18.7 Å². The van der Waals surface area contributed by atoms with Crippen molar-refractivity contribution in [2.24, 2.45) is 0 Å². The fourth-order valence-electron chi connectivity index (χ4n) is 1.87. The van der Waals surface area contributed by atoms with Crippen LogP contribution in [0.25, 0.3) is 0 Å². The number of rotatable bonds is 8. The Hall–Kier alpha value is -2.50. The molecular weight excluding hydrogens is 268 g/mol. The zero-order chi connectivity index (χ0) is 14.9. The first-order valence-electron chi connectivity index (χ1n) is 6.98. The molecule has 0 unspecified atom stereocenters. The summed E-state index contributed by atoms with van der Waals surface area (Å²) in [4.78, 5) is 18.8. The van der Waals surface area contributed by atoms with Gasteiger partial charge >= 0.3 is 0 Å². The van der Waals surface area contributed by atoms with Crippen molar-refractivity contribution in [3.05, 3.63) is 42.5 Å². The normalized spacial score (nSPS) is 10.3. The lowest BCUT2D eigenvalue weighted by Gasteiger charge is -2.08. The number of carbonyl (C=O) groups is 1. The molecule has 0 spiro atoms. The molecule has 0 fully saturated rings. The van der Waals surface area contributed by atoms with Crippen molar-refractivity contribution in [2.75, 3.05) is 18.9 Å². The Bertz CT molecular complexity index is 555. The zero-order valence-corrected chi connectivity index (χ0v) is 11.8. The van der Waals surface area contributed by atoms with Gasteiger partial charge in [-0.1, -0.05) is 12.1 Å². The van der Waals surface area contributed by atoms with Crippen LogP contribution in [0.2, 0.25) is 0 Å². The van der Waals surface area contributed by atoms with Crippen molar-refractivity contribution in [1.82, 2.24) is 15.3 Å². The Labute approximate surface area is 123 Å². The van der Waals surface area contributed by atoms with Gasteiger partial charge in [-0.2, -0.15) is 0 Å². The summed E-state index contributed by atoms with van der Waals surface area (Å²) in [6, 6.07) is 7.25. The van der Waals surface area contributed by atoms with Crippen molar-refractivity contribution in [3.63, 3.8) is 0 Å². The minimum Gasteiger partial charge on any atom is -0.491 e. The van der Waals surface area contributed by atoms with Crippen LogP contribution in [0.15, 0.2) is 36.7 Å². The predicted octanol–water partition coefficient (Wildman–Crippen LogP) is 1.51. The van der Waals surface area contributed by atoms with Gasteiger partial charge in [0.25, 0.3) is 0 Å². The Kier molecular flexibility index (Phi) is 5.63. The number of H-pyrrole nitrogens is 1. The van der Waals surface area contributed by atoms with Crippen LogP contribution in [0.4, 0.5) is 5.69 Å². The van der Waals surface area contributed by atoms with Gasteiger partial charge in [-0.15, -0.1) is 0 Å². The first-order valence-corrected chi connectivity index (χ1v) is 6.98. The van der Waals surface area contributed by atoms with Crippen LogP contribution in [-0.2, 0) is 11.2 Å². The summed E-state index contributed by atoms with van der Waals surface area (Å²) in [6.07, 6.45) is 5.51. The van der Waals surface area contributed by atoms with Gasteiger partial charge in [-0.3, -0.25) is 4.79 Å². The Balaban J connectivity index is 1.56. The fraction of sp³-hybridized carbons (Fsp3) is 0.333. The second kappa shape index (κ2) is 7.94.